The molecule has 0 aliphatic carbocycles. The molecule has 0 radical (unpaired) electrons. The summed E-state index contributed by atoms with van der Waals surface area (Å²) in [5, 5.41) is 8.11. The molecule has 1 aliphatic rings. The lowest BCUT2D eigenvalue weighted by atomic mass is 10.6. The smallest absolute Gasteiger partial charge is 0.174 e. The van der Waals surface area contributed by atoms with Crippen molar-refractivity contribution >= 4 is 0 Å². The topological polar surface area (TPSA) is 71.9 Å². The van der Waals surface area contributed by atoms with Gasteiger partial charge in [0.1, 0.15) is 6.07 Å². The molecule has 0 saturated carbocycles. The number of nitriles is 1. The summed E-state index contributed by atoms with van der Waals surface area (Å²) in [5.74, 6) is 0. The average molecular weight is 99.1 g/mol. The van der Waals surface area contributed by atoms with Crippen molar-refractivity contribution in [2.45, 2.75) is 6.17 Å². The van der Waals surface area contributed by atoms with Gasteiger partial charge in [-0.1, -0.05) is 0 Å². The van der Waals surface area contributed by atoms with E-state index in [1.54, 1.807) is 0 Å². The third kappa shape index (κ3) is 0.852. The van der Waals surface area contributed by atoms with Crippen LogP contribution in [0.1, 0.15) is 0 Å². The molecule has 0 amide bonds. The number of hydrazine groups is 3. The second kappa shape index (κ2) is 1.86. The van der Waals surface area contributed by atoms with Crippen LogP contribution >= 0.6 is 0 Å². The quantitative estimate of drug-likeness (QED) is 0.281. The van der Waals surface area contributed by atoms with Gasteiger partial charge in [0, 0.05) is 0 Å². The van der Waals surface area contributed by atoms with Crippen molar-refractivity contribution in [3.63, 3.8) is 0 Å². The van der Waals surface area contributed by atoms with E-state index in [1.807, 2.05) is 6.07 Å². The van der Waals surface area contributed by atoms with Crippen molar-refractivity contribution in [3.05, 3.63) is 0 Å². The van der Waals surface area contributed by atoms with Crippen LogP contribution < -0.4 is 21.9 Å². The first-order chi connectivity index (χ1) is 3.43. The zero-order valence-corrected chi connectivity index (χ0v) is 3.52. The van der Waals surface area contributed by atoms with Crippen molar-refractivity contribution in [3.8, 4) is 6.07 Å². The van der Waals surface area contributed by atoms with Crippen LogP contribution in [0, 0.1) is 11.3 Å². The van der Waals surface area contributed by atoms with Gasteiger partial charge in [-0.25, -0.2) is 10.9 Å². The molecule has 0 aromatic rings. The standard InChI is InChI=1S/C2H5N5/c3-1-2-4-6-7-5-2/h2,4-7H. The molecule has 1 fully saturated rings. The van der Waals surface area contributed by atoms with Gasteiger partial charge in [0.25, 0.3) is 0 Å². The minimum Gasteiger partial charge on any atom is -0.212 e. The fraction of sp³-hybridized carbons (Fsp3) is 0.500. The number of nitrogens with one attached hydrogen (secondary N) is 4. The van der Waals surface area contributed by atoms with E-state index in [9.17, 15) is 0 Å². The summed E-state index contributed by atoms with van der Waals surface area (Å²) in [4.78, 5) is 0. The first-order valence-corrected chi connectivity index (χ1v) is 1.84. The molecule has 7 heavy (non-hydrogen) atoms. The van der Waals surface area contributed by atoms with E-state index in [0.717, 1.165) is 0 Å². The van der Waals surface area contributed by atoms with Crippen molar-refractivity contribution < 1.29 is 0 Å². The van der Waals surface area contributed by atoms with E-state index >= 15 is 0 Å². The summed E-state index contributed by atoms with van der Waals surface area (Å²) in [7, 11) is 0. The summed E-state index contributed by atoms with van der Waals surface area (Å²) in [6, 6.07) is 1.92. The molecule has 0 aromatic carbocycles. The minimum atomic E-state index is -0.319. The van der Waals surface area contributed by atoms with Gasteiger partial charge in [0.2, 0.25) is 0 Å². The summed E-state index contributed by atoms with van der Waals surface area (Å²) >= 11 is 0. The molecule has 5 nitrogen and oxygen atoms in total. The first kappa shape index (κ1) is 4.49. The van der Waals surface area contributed by atoms with Crippen LogP contribution in [0.2, 0.25) is 0 Å². The van der Waals surface area contributed by atoms with E-state index in [-0.39, 0.29) is 6.17 Å². The van der Waals surface area contributed by atoms with Gasteiger partial charge >= 0.3 is 0 Å². The van der Waals surface area contributed by atoms with E-state index in [1.165, 1.54) is 0 Å². The van der Waals surface area contributed by atoms with Crippen molar-refractivity contribution in [1.29, 1.82) is 5.26 Å². The Morgan fingerprint density at radius 3 is 2.14 bits per heavy atom. The maximum atomic E-state index is 8.11. The zero-order chi connectivity index (χ0) is 5.11. The molecular formula is C2H5N5. The van der Waals surface area contributed by atoms with Crippen molar-refractivity contribution in [1.82, 2.24) is 21.9 Å². The predicted molar refractivity (Wildman–Crippen MR) is 21.9 cm³/mol. The van der Waals surface area contributed by atoms with Gasteiger partial charge in [0.05, 0.1) is 0 Å². The lowest BCUT2D eigenvalue weighted by Crippen LogP contribution is -2.33. The molecule has 1 aliphatic heterocycles. The van der Waals surface area contributed by atoms with Gasteiger partial charge in [-0.2, -0.15) is 16.3 Å². The van der Waals surface area contributed by atoms with Crippen LogP contribution in [0.15, 0.2) is 0 Å². The predicted octanol–water partition coefficient (Wildman–Crippen LogP) is -2.05. The highest BCUT2D eigenvalue weighted by molar-refractivity contribution is 4.86. The summed E-state index contributed by atoms with van der Waals surface area (Å²) < 4.78 is 0. The molecule has 0 atom stereocenters. The van der Waals surface area contributed by atoms with Gasteiger partial charge in [-0.3, -0.25) is 0 Å². The fourth-order valence-corrected chi connectivity index (χ4v) is 0.317. The Morgan fingerprint density at radius 1 is 1.29 bits per heavy atom. The maximum Gasteiger partial charge on any atom is 0.174 e. The molecule has 0 aromatic heterocycles. The van der Waals surface area contributed by atoms with Crippen LogP contribution in [0.5, 0.6) is 0 Å². The van der Waals surface area contributed by atoms with Crippen molar-refractivity contribution in [2.75, 3.05) is 0 Å². The largest absolute Gasteiger partial charge is 0.212 e. The molecule has 0 bridgehead atoms. The Labute approximate surface area is 40.6 Å². The summed E-state index contributed by atoms with van der Waals surface area (Å²) in [6.45, 7) is 0. The van der Waals surface area contributed by atoms with Crippen LogP contribution in [0.25, 0.3) is 0 Å². The number of nitrogens with zero attached hydrogens (tertiary/aromatic N) is 1. The summed E-state index contributed by atoms with van der Waals surface area (Å²) in [6.07, 6.45) is -0.319. The van der Waals surface area contributed by atoms with Gasteiger partial charge < -0.3 is 0 Å². The van der Waals surface area contributed by atoms with Gasteiger partial charge in [-0.15, -0.1) is 0 Å². The molecule has 38 valence electrons. The van der Waals surface area contributed by atoms with E-state index in [0.29, 0.717) is 0 Å². The highest BCUT2D eigenvalue weighted by atomic mass is 15.8. The monoisotopic (exact) mass is 99.1 g/mol. The van der Waals surface area contributed by atoms with E-state index in [4.69, 9.17) is 5.26 Å². The van der Waals surface area contributed by atoms with Crippen LogP contribution in [-0.2, 0) is 0 Å². The zero-order valence-electron chi connectivity index (χ0n) is 3.52. The highest BCUT2D eigenvalue weighted by Crippen LogP contribution is 1.68. The van der Waals surface area contributed by atoms with E-state index < -0.39 is 0 Å². The molecular weight excluding hydrogens is 94.1 g/mol. The Hall–Kier alpha value is -0.670. The van der Waals surface area contributed by atoms with E-state index in [2.05, 4.69) is 21.9 Å². The lowest BCUT2D eigenvalue weighted by molar-refractivity contribution is 0.556. The van der Waals surface area contributed by atoms with Crippen LogP contribution in [0.3, 0.4) is 0 Å². The molecule has 5 heteroatoms. The average Bonchev–Trinajstić information content (AvgIpc) is 2.14. The first-order valence-electron chi connectivity index (χ1n) is 1.84. The number of rotatable bonds is 0. The second-order valence-electron chi connectivity index (χ2n) is 1.10. The minimum absolute atomic E-state index is 0.319. The highest BCUT2D eigenvalue weighted by Gasteiger charge is 2.07. The second-order valence-corrected chi connectivity index (χ2v) is 1.10. The molecule has 0 spiro atoms. The van der Waals surface area contributed by atoms with Gasteiger partial charge in [-0.05, 0) is 0 Å². The normalized spacial score (nSPS) is 22.1. The molecule has 4 N–H and O–H groups in total. The molecule has 1 saturated heterocycles. The Balaban J connectivity index is 2.31. The Morgan fingerprint density at radius 2 is 1.86 bits per heavy atom. The van der Waals surface area contributed by atoms with Crippen molar-refractivity contribution in [2.24, 2.45) is 0 Å². The Bertz CT molecular complexity index is 86.7. The maximum absolute atomic E-state index is 8.11. The summed E-state index contributed by atoms with van der Waals surface area (Å²) in [5.41, 5.74) is 10.1. The number of hydrogen-bond acceptors (Lipinski definition) is 5. The third-order valence-electron chi connectivity index (χ3n) is 0.625. The molecule has 1 rings (SSSR count). The number of hydrogen-bond donors (Lipinski definition) is 4. The SMILES string of the molecule is N#CC1NNNN1. The molecule has 0 unspecified atom stereocenters. The lowest BCUT2D eigenvalue weighted by Gasteiger charge is -1.90. The molecule has 1 heterocycles. The fourth-order valence-electron chi connectivity index (χ4n) is 0.317. The van der Waals surface area contributed by atoms with Gasteiger partial charge in [0.15, 0.2) is 6.17 Å². The van der Waals surface area contributed by atoms with Crippen LogP contribution in [-0.4, -0.2) is 6.17 Å². The van der Waals surface area contributed by atoms with Crippen LogP contribution in [0.4, 0.5) is 0 Å². The third-order valence-corrected chi connectivity index (χ3v) is 0.625. The Kier molecular flexibility index (Phi) is 1.19.